The highest BCUT2D eigenvalue weighted by atomic mass is 32.1. The number of benzene rings is 2. The zero-order chi connectivity index (χ0) is 23.2. The molecule has 33 heavy (non-hydrogen) atoms. The number of piperidine rings is 1. The fourth-order valence-electron chi connectivity index (χ4n) is 4.39. The summed E-state index contributed by atoms with van der Waals surface area (Å²) < 4.78 is 17.1. The van der Waals surface area contributed by atoms with Crippen molar-refractivity contribution >= 4 is 35.3 Å². The van der Waals surface area contributed by atoms with Crippen molar-refractivity contribution < 1.29 is 23.8 Å². The van der Waals surface area contributed by atoms with Crippen molar-refractivity contribution in [1.82, 2.24) is 15.2 Å². The van der Waals surface area contributed by atoms with Crippen LogP contribution in [0.2, 0.25) is 0 Å². The number of amides is 2. The van der Waals surface area contributed by atoms with E-state index < -0.39 is 5.72 Å². The third-order valence-corrected chi connectivity index (χ3v) is 6.41. The van der Waals surface area contributed by atoms with E-state index in [4.69, 9.17) is 14.2 Å². The zero-order valence-electron chi connectivity index (χ0n) is 18.3. The molecule has 1 saturated heterocycles. The molecule has 2 aliphatic heterocycles. The molecule has 2 aromatic carbocycles. The van der Waals surface area contributed by atoms with E-state index >= 15 is 0 Å². The minimum absolute atomic E-state index is 0.194. The van der Waals surface area contributed by atoms with Crippen LogP contribution in [-0.4, -0.2) is 54.7 Å². The number of methoxy groups -OCH3 is 2. The predicted octanol–water partition coefficient (Wildman–Crippen LogP) is 3.30. The van der Waals surface area contributed by atoms with Gasteiger partial charge in [0, 0.05) is 42.3 Å². The molecule has 170 valence electrons. The van der Waals surface area contributed by atoms with Crippen molar-refractivity contribution in [3.8, 4) is 17.2 Å². The Hall–Kier alpha value is -3.46. The second-order valence-electron chi connectivity index (χ2n) is 8.09. The van der Waals surface area contributed by atoms with Gasteiger partial charge in [-0.2, -0.15) is 0 Å². The fourth-order valence-corrected chi connectivity index (χ4v) is 4.59. The van der Waals surface area contributed by atoms with E-state index in [1.54, 1.807) is 49.5 Å². The van der Waals surface area contributed by atoms with Crippen LogP contribution < -0.4 is 19.5 Å². The topological polar surface area (TPSA) is 90.0 Å². The highest BCUT2D eigenvalue weighted by Gasteiger charge is 2.43. The van der Waals surface area contributed by atoms with Gasteiger partial charge in [0.2, 0.25) is 0 Å². The lowest BCUT2D eigenvalue weighted by Gasteiger charge is -2.44. The Morgan fingerprint density at radius 3 is 2.61 bits per heavy atom. The van der Waals surface area contributed by atoms with Crippen LogP contribution in [0.1, 0.15) is 33.7 Å². The number of nitrogens with zero attached hydrogens (tertiary/aromatic N) is 2. The molecular formula is C24H23N3O5S. The molecule has 0 radical (unpaired) electrons. The van der Waals surface area contributed by atoms with Crippen LogP contribution in [0.5, 0.6) is 17.2 Å². The zero-order valence-corrected chi connectivity index (χ0v) is 19.1. The maximum atomic E-state index is 13.3. The van der Waals surface area contributed by atoms with Crippen LogP contribution in [0, 0.1) is 0 Å². The van der Waals surface area contributed by atoms with Crippen LogP contribution in [-0.2, 0) is 0 Å². The number of ether oxygens (including phenoxy) is 3. The van der Waals surface area contributed by atoms with Gasteiger partial charge in [-0.05, 0) is 30.3 Å². The van der Waals surface area contributed by atoms with Crippen LogP contribution in [0.15, 0.2) is 47.4 Å². The molecule has 2 amide bonds. The van der Waals surface area contributed by atoms with Gasteiger partial charge in [0.05, 0.1) is 19.8 Å². The quantitative estimate of drug-likeness (QED) is 0.577. The Bertz CT molecular complexity index is 1270. The number of pyridine rings is 1. The second kappa shape index (κ2) is 8.15. The maximum absolute atomic E-state index is 13.3. The Morgan fingerprint density at radius 1 is 1.12 bits per heavy atom. The van der Waals surface area contributed by atoms with Gasteiger partial charge in [-0.1, -0.05) is 6.07 Å². The summed E-state index contributed by atoms with van der Waals surface area (Å²) in [4.78, 5) is 33.0. The minimum atomic E-state index is -0.837. The fraction of sp³-hybridized carbons (Fsp3) is 0.292. The lowest BCUT2D eigenvalue weighted by Crippen LogP contribution is -2.61. The minimum Gasteiger partial charge on any atom is -0.496 e. The molecule has 0 atom stereocenters. The lowest BCUT2D eigenvalue weighted by molar-refractivity contribution is -0.0247. The number of aromatic nitrogens is 1. The number of nitrogens with one attached hydrogen (secondary N) is 1. The lowest BCUT2D eigenvalue weighted by atomic mass is 9.96. The summed E-state index contributed by atoms with van der Waals surface area (Å²) in [7, 11) is 3.12. The standard InChI is InChI=1S/C24H23N3O5S/c1-30-19-5-3-4-15-20(31-2)13-17(25-21(15)19)23(29)27-10-8-24(9-11-27)26-22(28)16-12-14(33)6-7-18(16)32-24/h3-7,12-13,33H,8-11H2,1-2H3,(H,26,28). The van der Waals surface area contributed by atoms with Gasteiger partial charge in [0.25, 0.3) is 11.8 Å². The molecule has 2 aliphatic rings. The molecule has 9 heteroatoms. The van der Waals surface area contributed by atoms with Crippen molar-refractivity contribution in [2.75, 3.05) is 27.3 Å². The Balaban J connectivity index is 1.38. The number of para-hydroxylation sites is 1. The Kier molecular flexibility index (Phi) is 5.28. The summed E-state index contributed by atoms with van der Waals surface area (Å²) in [5, 5.41) is 3.76. The molecular weight excluding hydrogens is 442 g/mol. The first-order chi connectivity index (χ1) is 15.9. The summed E-state index contributed by atoms with van der Waals surface area (Å²) in [5.41, 5.74) is 0.476. The largest absolute Gasteiger partial charge is 0.496 e. The second-order valence-corrected chi connectivity index (χ2v) is 8.61. The van der Waals surface area contributed by atoms with Gasteiger partial charge in [-0.25, -0.2) is 4.98 Å². The number of likely N-dealkylation sites (tertiary alicyclic amines) is 1. The van der Waals surface area contributed by atoms with E-state index in [1.807, 2.05) is 12.1 Å². The summed E-state index contributed by atoms with van der Waals surface area (Å²) in [5.74, 6) is 1.25. The van der Waals surface area contributed by atoms with Gasteiger partial charge < -0.3 is 24.4 Å². The molecule has 1 aromatic heterocycles. The van der Waals surface area contributed by atoms with Gasteiger partial charge in [-0.15, -0.1) is 12.6 Å². The van der Waals surface area contributed by atoms with E-state index in [1.165, 1.54) is 0 Å². The van der Waals surface area contributed by atoms with Crippen LogP contribution in [0.25, 0.3) is 10.9 Å². The van der Waals surface area contributed by atoms with Crippen molar-refractivity contribution in [3.05, 3.63) is 53.7 Å². The van der Waals surface area contributed by atoms with Gasteiger partial charge in [0.15, 0.2) is 5.72 Å². The summed E-state index contributed by atoms with van der Waals surface area (Å²) in [6, 6.07) is 12.4. The maximum Gasteiger partial charge on any atom is 0.272 e. The van der Waals surface area contributed by atoms with Crippen molar-refractivity contribution in [2.45, 2.75) is 23.5 Å². The van der Waals surface area contributed by atoms with Gasteiger partial charge >= 0.3 is 0 Å². The molecule has 1 N–H and O–H groups in total. The normalized spacial score (nSPS) is 16.7. The van der Waals surface area contributed by atoms with Crippen LogP contribution in [0.4, 0.5) is 0 Å². The first-order valence-corrected chi connectivity index (χ1v) is 11.0. The van der Waals surface area contributed by atoms with Crippen molar-refractivity contribution in [1.29, 1.82) is 0 Å². The SMILES string of the molecule is COc1cc(C(=O)N2CCC3(CC2)NC(=O)c2cc(S)ccc2O3)nc2c(OC)cccc12. The molecule has 8 nitrogen and oxygen atoms in total. The van der Waals surface area contributed by atoms with Crippen molar-refractivity contribution in [2.24, 2.45) is 0 Å². The Labute approximate surface area is 196 Å². The highest BCUT2D eigenvalue weighted by Crippen LogP contribution is 2.36. The van der Waals surface area contributed by atoms with E-state index in [0.717, 1.165) is 5.39 Å². The van der Waals surface area contributed by atoms with E-state index in [-0.39, 0.29) is 17.5 Å². The molecule has 0 unspecified atom stereocenters. The number of fused-ring (bicyclic) bond motifs is 2. The molecule has 1 spiro atoms. The summed E-state index contributed by atoms with van der Waals surface area (Å²) in [6.45, 7) is 0.820. The predicted molar refractivity (Wildman–Crippen MR) is 125 cm³/mol. The summed E-state index contributed by atoms with van der Waals surface area (Å²) >= 11 is 4.29. The van der Waals surface area contributed by atoms with E-state index in [9.17, 15) is 9.59 Å². The van der Waals surface area contributed by atoms with Crippen molar-refractivity contribution in [3.63, 3.8) is 0 Å². The number of carbonyl (C=O) groups is 2. The third kappa shape index (κ3) is 3.72. The number of thiol groups is 1. The number of hydrogen-bond donors (Lipinski definition) is 2. The average Bonchev–Trinajstić information content (AvgIpc) is 2.83. The number of carbonyl (C=O) groups excluding carboxylic acids is 2. The Morgan fingerprint density at radius 2 is 1.88 bits per heavy atom. The molecule has 5 rings (SSSR count). The van der Waals surface area contributed by atoms with Crippen LogP contribution >= 0.6 is 12.6 Å². The first kappa shape index (κ1) is 21.4. The van der Waals surface area contributed by atoms with Gasteiger partial charge in [0.1, 0.15) is 28.5 Å². The molecule has 0 bridgehead atoms. The first-order valence-electron chi connectivity index (χ1n) is 10.6. The highest BCUT2D eigenvalue weighted by molar-refractivity contribution is 7.80. The molecule has 1 fully saturated rings. The smallest absolute Gasteiger partial charge is 0.272 e. The number of rotatable bonds is 3. The van der Waals surface area contributed by atoms with Crippen LogP contribution in [0.3, 0.4) is 0 Å². The van der Waals surface area contributed by atoms with E-state index in [2.05, 4.69) is 22.9 Å². The summed E-state index contributed by atoms with van der Waals surface area (Å²) in [6.07, 6.45) is 0.918. The monoisotopic (exact) mass is 465 g/mol. The average molecular weight is 466 g/mol. The molecule has 3 aromatic rings. The molecule has 0 saturated carbocycles. The van der Waals surface area contributed by atoms with E-state index in [0.29, 0.717) is 59.2 Å². The van der Waals surface area contributed by atoms with Gasteiger partial charge in [-0.3, -0.25) is 9.59 Å². The molecule has 0 aliphatic carbocycles. The third-order valence-electron chi connectivity index (χ3n) is 6.14. The molecule has 3 heterocycles. The number of hydrogen-bond acceptors (Lipinski definition) is 7.